The quantitative estimate of drug-likeness (QED) is 0.634. The lowest BCUT2D eigenvalue weighted by molar-refractivity contribution is 0.810. The number of para-hydroxylation sites is 2. The van der Waals surface area contributed by atoms with E-state index >= 15 is 0 Å². The molecule has 0 spiro atoms. The summed E-state index contributed by atoms with van der Waals surface area (Å²) in [6.07, 6.45) is 0. The lowest BCUT2D eigenvalue weighted by atomic mass is 10.2. The van der Waals surface area contributed by atoms with Crippen LogP contribution in [-0.2, 0) is 7.05 Å². The van der Waals surface area contributed by atoms with Crippen LogP contribution in [-0.4, -0.2) is 9.13 Å². The Morgan fingerprint density at radius 3 is 2.32 bits per heavy atom. The minimum Gasteiger partial charge on any atom is -0.320 e. The van der Waals surface area contributed by atoms with E-state index in [4.69, 9.17) is 12.2 Å². The van der Waals surface area contributed by atoms with Gasteiger partial charge in [0.1, 0.15) is 0 Å². The molecule has 0 N–H and O–H groups in total. The molecule has 0 fully saturated rings. The standard InChI is InChI=1S/C15H12N2OS/c1-16-13-10-6-5-9-12(13)14(18)17(15(16)19)11-7-3-2-4-8-11/h2-10H,1H3. The van der Waals surface area contributed by atoms with Gasteiger partial charge >= 0.3 is 0 Å². The minimum atomic E-state index is -0.0788. The number of rotatable bonds is 1. The summed E-state index contributed by atoms with van der Waals surface area (Å²) in [5, 5.41) is 0.669. The van der Waals surface area contributed by atoms with Crippen LogP contribution in [0, 0.1) is 4.77 Å². The summed E-state index contributed by atoms with van der Waals surface area (Å²) >= 11 is 5.42. The molecule has 19 heavy (non-hydrogen) atoms. The van der Waals surface area contributed by atoms with Crippen LogP contribution in [0.15, 0.2) is 59.4 Å². The van der Waals surface area contributed by atoms with Crippen LogP contribution in [0.4, 0.5) is 0 Å². The number of hydrogen-bond donors (Lipinski definition) is 0. The molecule has 0 saturated heterocycles. The molecule has 0 aliphatic carbocycles. The molecule has 4 heteroatoms. The fourth-order valence-electron chi connectivity index (χ4n) is 2.21. The molecule has 3 nitrogen and oxygen atoms in total. The molecular formula is C15H12N2OS. The van der Waals surface area contributed by atoms with Gasteiger partial charge in [0.2, 0.25) is 0 Å². The van der Waals surface area contributed by atoms with Crippen molar-refractivity contribution in [3.8, 4) is 5.69 Å². The molecule has 2 aromatic carbocycles. The van der Waals surface area contributed by atoms with E-state index in [9.17, 15) is 4.79 Å². The maximum Gasteiger partial charge on any atom is 0.266 e. The predicted molar refractivity (Wildman–Crippen MR) is 79.4 cm³/mol. The second kappa shape index (κ2) is 4.48. The summed E-state index contributed by atoms with van der Waals surface area (Å²) in [6.45, 7) is 0. The van der Waals surface area contributed by atoms with E-state index in [1.165, 1.54) is 0 Å². The van der Waals surface area contributed by atoms with Crippen LogP contribution in [0.25, 0.3) is 16.6 Å². The van der Waals surface area contributed by atoms with Gasteiger partial charge in [-0.2, -0.15) is 0 Å². The van der Waals surface area contributed by atoms with Gasteiger partial charge in [0.25, 0.3) is 5.56 Å². The highest BCUT2D eigenvalue weighted by Crippen LogP contribution is 2.12. The fraction of sp³-hybridized carbons (Fsp3) is 0.0667. The molecule has 0 amide bonds. The Balaban J connectivity index is 2.52. The summed E-state index contributed by atoms with van der Waals surface area (Å²) in [6, 6.07) is 17.0. The Bertz CT molecular complexity index is 863. The first-order chi connectivity index (χ1) is 9.20. The van der Waals surface area contributed by atoms with Crippen LogP contribution >= 0.6 is 12.2 Å². The molecule has 0 atom stereocenters. The van der Waals surface area contributed by atoms with Crippen molar-refractivity contribution in [1.29, 1.82) is 0 Å². The molecule has 0 radical (unpaired) electrons. The van der Waals surface area contributed by atoms with E-state index in [-0.39, 0.29) is 5.56 Å². The van der Waals surface area contributed by atoms with Gasteiger partial charge in [-0.3, -0.25) is 9.36 Å². The Hall–Kier alpha value is -2.20. The van der Waals surface area contributed by atoms with Gasteiger partial charge in [0.05, 0.1) is 16.6 Å². The summed E-state index contributed by atoms with van der Waals surface area (Å²) in [5.41, 5.74) is 1.56. The largest absolute Gasteiger partial charge is 0.320 e. The summed E-state index contributed by atoms with van der Waals surface area (Å²) in [4.78, 5) is 12.6. The van der Waals surface area contributed by atoms with Crippen molar-refractivity contribution in [2.75, 3.05) is 0 Å². The third kappa shape index (κ3) is 1.81. The lowest BCUT2D eigenvalue weighted by Crippen LogP contribution is -2.23. The van der Waals surface area contributed by atoms with Gasteiger partial charge in [-0.15, -0.1) is 0 Å². The van der Waals surface area contributed by atoms with Crippen LogP contribution < -0.4 is 5.56 Å². The highest BCUT2D eigenvalue weighted by atomic mass is 32.1. The van der Waals surface area contributed by atoms with Gasteiger partial charge in [-0.1, -0.05) is 30.3 Å². The van der Waals surface area contributed by atoms with Crippen molar-refractivity contribution in [1.82, 2.24) is 9.13 Å². The third-order valence-corrected chi connectivity index (χ3v) is 3.65. The number of aryl methyl sites for hydroxylation is 1. The normalized spacial score (nSPS) is 10.8. The summed E-state index contributed by atoms with van der Waals surface area (Å²) in [7, 11) is 1.88. The van der Waals surface area contributed by atoms with Crippen molar-refractivity contribution in [2.45, 2.75) is 0 Å². The van der Waals surface area contributed by atoms with Gasteiger partial charge in [0.15, 0.2) is 4.77 Å². The zero-order valence-electron chi connectivity index (χ0n) is 10.4. The SMILES string of the molecule is Cn1c(=S)n(-c2ccccc2)c(=O)c2ccccc21. The van der Waals surface area contributed by atoms with Crippen molar-refractivity contribution in [3.63, 3.8) is 0 Å². The van der Waals surface area contributed by atoms with E-state index in [1.54, 1.807) is 4.57 Å². The lowest BCUT2D eigenvalue weighted by Gasteiger charge is -2.12. The van der Waals surface area contributed by atoms with Crippen LogP contribution in [0.5, 0.6) is 0 Å². The number of benzene rings is 2. The van der Waals surface area contributed by atoms with Gasteiger partial charge in [-0.25, -0.2) is 0 Å². The van der Waals surface area contributed by atoms with E-state index in [2.05, 4.69) is 0 Å². The molecule has 3 rings (SSSR count). The summed E-state index contributed by atoms with van der Waals surface area (Å²) < 4.78 is 3.92. The molecule has 0 unspecified atom stereocenters. The molecule has 0 bridgehead atoms. The first-order valence-corrected chi connectivity index (χ1v) is 6.37. The van der Waals surface area contributed by atoms with E-state index < -0.39 is 0 Å². The molecule has 3 aromatic rings. The van der Waals surface area contributed by atoms with Crippen molar-refractivity contribution < 1.29 is 0 Å². The van der Waals surface area contributed by atoms with Crippen molar-refractivity contribution >= 4 is 23.1 Å². The molecule has 1 heterocycles. The van der Waals surface area contributed by atoms with Crippen molar-refractivity contribution in [2.24, 2.45) is 7.05 Å². The Morgan fingerprint density at radius 1 is 0.947 bits per heavy atom. The monoisotopic (exact) mass is 268 g/mol. The zero-order chi connectivity index (χ0) is 13.4. The average molecular weight is 268 g/mol. The Labute approximate surface area is 115 Å². The van der Waals surface area contributed by atoms with Crippen LogP contribution in [0.2, 0.25) is 0 Å². The Kier molecular flexibility index (Phi) is 2.80. The van der Waals surface area contributed by atoms with Crippen molar-refractivity contribution in [3.05, 3.63) is 69.7 Å². The minimum absolute atomic E-state index is 0.0788. The third-order valence-electron chi connectivity index (χ3n) is 3.19. The molecule has 94 valence electrons. The second-order valence-corrected chi connectivity index (χ2v) is 4.70. The average Bonchev–Trinajstić information content (AvgIpc) is 2.46. The van der Waals surface area contributed by atoms with Gasteiger partial charge in [-0.05, 0) is 36.5 Å². The highest BCUT2D eigenvalue weighted by molar-refractivity contribution is 7.71. The number of fused-ring (bicyclic) bond motifs is 1. The molecule has 0 aliphatic rings. The first-order valence-electron chi connectivity index (χ1n) is 5.96. The number of nitrogens with zero attached hydrogens (tertiary/aromatic N) is 2. The van der Waals surface area contributed by atoms with E-state index in [1.807, 2.05) is 66.2 Å². The predicted octanol–water partition coefficient (Wildman–Crippen LogP) is 3.06. The molecule has 0 aliphatic heterocycles. The summed E-state index contributed by atoms with van der Waals surface area (Å²) in [5.74, 6) is 0. The topological polar surface area (TPSA) is 26.9 Å². The van der Waals surface area contributed by atoms with Crippen LogP contribution in [0.1, 0.15) is 0 Å². The highest BCUT2D eigenvalue weighted by Gasteiger charge is 2.09. The number of hydrogen-bond acceptors (Lipinski definition) is 2. The van der Waals surface area contributed by atoms with Crippen LogP contribution in [0.3, 0.4) is 0 Å². The maximum atomic E-state index is 12.6. The van der Waals surface area contributed by atoms with E-state index in [0.717, 1.165) is 11.2 Å². The molecule has 1 aromatic heterocycles. The molecular weight excluding hydrogens is 256 g/mol. The number of aromatic nitrogens is 2. The fourth-order valence-corrected chi connectivity index (χ4v) is 2.50. The molecule has 0 saturated carbocycles. The van der Waals surface area contributed by atoms with Gasteiger partial charge in [0, 0.05) is 7.05 Å². The Morgan fingerprint density at radius 2 is 1.58 bits per heavy atom. The maximum absolute atomic E-state index is 12.6. The van der Waals surface area contributed by atoms with E-state index in [0.29, 0.717) is 10.2 Å². The first kappa shape index (κ1) is 11.9. The second-order valence-electron chi connectivity index (χ2n) is 4.33. The smallest absolute Gasteiger partial charge is 0.266 e. The van der Waals surface area contributed by atoms with Gasteiger partial charge < -0.3 is 4.57 Å². The zero-order valence-corrected chi connectivity index (χ0v) is 11.2.